The second-order valence-corrected chi connectivity index (χ2v) is 0.257. The summed E-state index contributed by atoms with van der Waals surface area (Å²) >= 11 is 0. The average molecular weight is 78.1 g/mol. The third-order valence-electron chi connectivity index (χ3n) is 0. The van der Waals surface area contributed by atoms with Crippen molar-refractivity contribution in [3.63, 3.8) is 0 Å². The Morgan fingerprint density at radius 2 is 1.40 bits per heavy atom. The minimum absolute atomic E-state index is 0. The van der Waals surface area contributed by atoms with Gasteiger partial charge in [0.25, 0.3) is 0 Å². The lowest BCUT2D eigenvalue weighted by Gasteiger charge is -1.88. The van der Waals surface area contributed by atoms with E-state index in [2.05, 4.69) is 0 Å². The fourth-order valence-corrected chi connectivity index (χ4v) is 0. The first-order valence-corrected chi connectivity index (χ1v) is 0.589. The molecule has 0 aliphatic carbocycles. The Morgan fingerprint density at radius 1 is 1.40 bits per heavy atom. The Bertz CT molecular complexity index is 27.9. The van der Waals surface area contributed by atoms with Gasteiger partial charge in [0, 0.05) is 0 Å². The van der Waals surface area contributed by atoms with E-state index in [0.717, 1.165) is 0 Å². The maximum Gasteiger partial charge on any atom is -0.0336 e. The molecule has 0 aromatic rings. The monoisotopic (exact) mass is 78.0 g/mol. The van der Waals surface area contributed by atoms with Crippen molar-refractivity contribution in [1.82, 2.24) is 6.15 Å². The van der Waals surface area contributed by atoms with Crippen LogP contribution in [0.15, 0.2) is 0 Å². The zero-order valence-electron chi connectivity index (χ0n) is 2.47. The van der Waals surface area contributed by atoms with Crippen LogP contribution in [-0.4, -0.2) is 5.02 Å². The molecule has 0 atom stereocenters. The van der Waals surface area contributed by atoms with Gasteiger partial charge in [-0.25, -0.2) is 0 Å². The van der Waals surface area contributed by atoms with Crippen LogP contribution in [0.4, 0.5) is 0 Å². The fourth-order valence-electron chi connectivity index (χ4n) is 0. The van der Waals surface area contributed by atoms with Gasteiger partial charge in [0.1, 0.15) is 0 Å². The van der Waals surface area contributed by atoms with E-state index in [9.17, 15) is 0 Å². The molecule has 0 spiro atoms. The van der Waals surface area contributed by atoms with E-state index in [0.29, 0.717) is 0 Å². The summed E-state index contributed by atoms with van der Waals surface area (Å²) in [7, 11) is 0. The summed E-state index contributed by atoms with van der Waals surface area (Å²) in [5.41, 5.74) is 5.31. The molecular formula is H4N3O2-. The first kappa shape index (κ1) is 8.90. The van der Waals surface area contributed by atoms with E-state index in [1.165, 1.54) is 0 Å². The third kappa shape index (κ3) is 6.03. The average Bonchev–Trinajstić information content (AvgIpc) is 0.811. The smallest absolute Gasteiger partial charge is 0.0336 e. The predicted octanol–water partition coefficient (Wildman–Crippen LogP) is 0.187. The number of hydrogen-bond donors (Lipinski definition) is 2. The summed E-state index contributed by atoms with van der Waals surface area (Å²) in [6, 6.07) is 0. The van der Waals surface area contributed by atoms with Crippen LogP contribution in [0, 0.1) is 15.9 Å². The summed E-state index contributed by atoms with van der Waals surface area (Å²) in [6.07, 6.45) is 0. The van der Waals surface area contributed by atoms with Gasteiger partial charge in [-0.1, -0.05) is 5.02 Å². The van der Waals surface area contributed by atoms with Crippen molar-refractivity contribution in [2.45, 2.75) is 0 Å². The Balaban J connectivity index is 0. The minimum Gasteiger partial charge on any atom is -0.588 e. The summed E-state index contributed by atoms with van der Waals surface area (Å²) in [6.45, 7) is 0. The number of nitrogens with one attached hydrogen (secondary N) is 1. The second-order valence-electron chi connectivity index (χ2n) is 0.257. The highest BCUT2D eigenvalue weighted by molar-refractivity contribution is 3.95. The van der Waals surface area contributed by atoms with Gasteiger partial charge in [-0.2, -0.15) is 0 Å². The highest BCUT2D eigenvalue weighted by atomic mass is 16.8. The van der Waals surface area contributed by atoms with Gasteiger partial charge in [0.05, 0.1) is 0 Å². The molecule has 32 valence electrons. The quantitative estimate of drug-likeness (QED) is 0.318. The van der Waals surface area contributed by atoms with Crippen LogP contribution in [0.5, 0.6) is 0 Å². The topological polar surface area (TPSA) is 108 Å². The molecule has 0 rings (SSSR count). The highest BCUT2D eigenvalue weighted by Crippen LogP contribution is 1.45. The summed E-state index contributed by atoms with van der Waals surface area (Å²) < 4.78 is 0. The largest absolute Gasteiger partial charge is 0.588 e. The maximum absolute atomic E-state index is 8.47. The Labute approximate surface area is 28.5 Å². The van der Waals surface area contributed by atoms with Crippen molar-refractivity contribution in [2.75, 3.05) is 0 Å². The fraction of sp³-hybridized carbons (Fsp3) is 0. The van der Waals surface area contributed by atoms with Gasteiger partial charge in [-0.05, 0) is 5.53 Å². The first-order chi connectivity index (χ1) is 1.73. The molecule has 0 saturated heterocycles. The number of nitrogens with zero attached hydrogens (tertiary/aromatic N) is 1. The van der Waals surface area contributed by atoms with Crippen molar-refractivity contribution >= 4 is 0 Å². The molecule has 0 amide bonds. The molecule has 0 heterocycles. The lowest BCUT2D eigenvalue weighted by molar-refractivity contribution is -0.482. The van der Waals surface area contributed by atoms with E-state index in [1.54, 1.807) is 0 Å². The molecule has 0 radical (unpaired) electrons. The molecule has 5 heavy (non-hydrogen) atoms. The lowest BCUT2D eigenvalue weighted by atomic mass is 12.9. The van der Waals surface area contributed by atoms with Gasteiger partial charge in [-0.15, -0.1) is 0 Å². The molecule has 0 aromatic heterocycles. The Morgan fingerprint density at radius 3 is 1.40 bits per heavy atom. The molecule has 4 N–H and O–H groups in total. The van der Waals surface area contributed by atoms with Crippen LogP contribution in [0.25, 0.3) is 0 Å². The van der Waals surface area contributed by atoms with Crippen molar-refractivity contribution in [2.24, 2.45) is 0 Å². The SMILES string of the molecule is N.N=[N+]([O-])[O-]. The van der Waals surface area contributed by atoms with Crippen LogP contribution in [-0.2, 0) is 0 Å². The highest BCUT2D eigenvalue weighted by Gasteiger charge is 1.34. The normalized spacial score (nSPS) is 4.80. The molecule has 5 nitrogen and oxygen atoms in total. The van der Waals surface area contributed by atoms with Crippen molar-refractivity contribution in [3.05, 3.63) is 10.4 Å². The van der Waals surface area contributed by atoms with Crippen LogP contribution in [0.2, 0.25) is 0 Å². The molecule has 5 heteroatoms. The summed E-state index contributed by atoms with van der Waals surface area (Å²) in [5, 5.41) is 15.7. The van der Waals surface area contributed by atoms with E-state index in [-0.39, 0.29) is 6.15 Å². The molecule has 0 bridgehead atoms. The predicted molar refractivity (Wildman–Crippen MR) is 14.7 cm³/mol. The van der Waals surface area contributed by atoms with Gasteiger partial charge in [0.15, 0.2) is 0 Å². The lowest BCUT2D eigenvalue weighted by Crippen LogP contribution is -1.74. The van der Waals surface area contributed by atoms with Gasteiger partial charge in [-0.3, -0.25) is 0 Å². The van der Waals surface area contributed by atoms with E-state index >= 15 is 0 Å². The van der Waals surface area contributed by atoms with Crippen molar-refractivity contribution in [1.29, 1.82) is 5.53 Å². The van der Waals surface area contributed by atoms with Crippen molar-refractivity contribution < 1.29 is 5.02 Å². The molecule has 0 unspecified atom stereocenters. The van der Waals surface area contributed by atoms with Crippen LogP contribution < -0.4 is 6.15 Å². The zero-order chi connectivity index (χ0) is 3.58. The van der Waals surface area contributed by atoms with E-state index in [1.807, 2.05) is 0 Å². The van der Waals surface area contributed by atoms with Crippen LogP contribution >= 0.6 is 0 Å². The minimum atomic E-state index is -1.25. The molecular weight excluding hydrogens is 74.0 g/mol. The maximum atomic E-state index is 8.47. The Hall–Kier alpha value is -0.840. The zero-order valence-corrected chi connectivity index (χ0v) is 2.47. The summed E-state index contributed by atoms with van der Waals surface area (Å²) in [5.74, 6) is 0. The van der Waals surface area contributed by atoms with E-state index < -0.39 is 5.02 Å². The molecule has 0 aromatic carbocycles. The van der Waals surface area contributed by atoms with Crippen molar-refractivity contribution in [3.8, 4) is 0 Å². The molecule has 0 fully saturated rings. The van der Waals surface area contributed by atoms with Gasteiger partial charge in [0.2, 0.25) is 0 Å². The second kappa shape index (κ2) is 3.16. The first-order valence-electron chi connectivity index (χ1n) is 0.589. The van der Waals surface area contributed by atoms with Gasteiger partial charge < -0.3 is 16.6 Å². The molecule has 0 aliphatic heterocycles. The molecule has 0 saturated carbocycles. The standard InChI is InChI=1S/HN2O2.H3N/c1-2(3)4;/h(H-,1,3,4);1H3/q-1;. The van der Waals surface area contributed by atoms with Crippen LogP contribution in [0.1, 0.15) is 0 Å². The number of rotatable bonds is 0. The third-order valence-corrected chi connectivity index (χ3v) is 0. The van der Waals surface area contributed by atoms with Crippen LogP contribution in [0.3, 0.4) is 0 Å². The van der Waals surface area contributed by atoms with E-state index in [4.69, 9.17) is 15.9 Å². The summed E-state index contributed by atoms with van der Waals surface area (Å²) in [4.78, 5) is 0. The van der Waals surface area contributed by atoms with Gasteiger partial charge >= 0.3 is 0 Å². The number of hydrogen-bond acceptors (Lipinski definition) is 4. The Kier molecular flexibility index (Phi) is 5.63. The molecule has 0 aliphatic rings.